The van der Waals surface area contributed by atoms with Crippen LogP contribution >= 0.6 is 0 Å². The lowest BCUT2D eigenvalue weighted by atomic mass is 9.94. The Labute approximate surface area is 151 Å². The molecule has 2 aliphatic rings. The van der Waals surface area contributed by atoms with Crippen molar-refractivity contribution in [3.05, 3.63) is 47.0 Å². The number of anilines is 1. The minimum absolute atomic E-state index is 0.0115. The van der Waals surface area contributed by atoms with Gasteiger partial charge in [0.1, 0.15) is 0 Å². The van der Waals surface area contributed by atoms with Crippen LogP contribution in [0.3, 0.4) is 0 Å². The van der Waals surface area contributed by atoms with Gasteiger partial charge in [-0.3, -0.25) is 4.79 Å². The number of benzene rings is 2. The molecule has 0 spiro atoms. The maximum absolute atomic E-state index is 11.3. The molecule has 0 saturated carbocycles. The monoisotopic (exact) mass is 356 g/mol. The lowest BCUT2D eigenvalue weighted by molar-refractivity contribution is -0.910. The smallest absolute Gasteiger partial charge is 0.248 e. The first-order valence-electron chi connectivity index (χ1n) is 8.56. The summed E-state index contributed by atoms with van der Waals surface area (Å²) in [5, 5.41) is 3.55. The summed E-state index contributed by atoms with van der Waals surface area (Å²) in [6.07, 6.45) is 0.926. The maximum Gasteiger partial charge on any atom is 0.248 e. The fourth-order valence-electron chi connectivity index (χ4n) is 3.62. The molecule has 2 atom stereocenters. The second-order valence-corrected chi connectivity index (χ2v) is 6.58. The van der Waals surface area contributed by atoms with Crippen LogP contribution in [0.4, 0.5) is 5.69 Å². The Kier molecular flexibility index (Phi) is 4.08. The van der Waals surface area contributed by atoms with Crippen LogP contribution in [0.15, 0.2) is 30.3 Å². The van der Waals surface area contributed by atoms with Gasteiger partial charge >= 0.3 is 0 Å². The van der Waals surface area contributed by atoms with Crippen molar-refractivity contribution in [1.82, 2.24) is 0 Å². The first kappa shape index (κ1) is 16.5. The number of methoxy groups -OCH3 is 1. The molecule has 1 amide bonds. The zero-order valence-corrected chi connectivity index (χ0v) is 14.8. The molecule has 26 heavy (non-hydrogen) atoms. The molecule has 4 rings (SSSR count). The number of hydrogen-bond donors (Lipinski definition) is 3. The number of carbonyl (C=O) groups is 1. The molecule has 4 N–H and O–H groups in total. The number of amides is 1. The first-order valence-corrected chi connectivity index (χ1v) is 8.56. The van der Waals surface area contributed by atoms with Crippen molar-refractivity contribution in [3.8, 4) is 17.2 Å². The Bertz CT molecular complexity index is 851. The third-order valence-corrected chi connectivity index (χ3v) is 5.00. The van der Waals surface area contributed by atoms with Crippen LogP contribution in [0.2, 0.25) is 0 Å². The van der Waals surface area contributed by atoms with Crippen molar-refractivity contribution in [2.45, 2.75) is 12.6 Å². The molecule has 7 heteroatoms. The standard InChI is InChI=1S/C19H21N3O4/c1-22-8-7-12-9-14-16(26-10-25-14)17(24-2)15(12)19(22)21-13-5-3-11(4-6-13)18(20)23/h3-6,9,19,21H,7-8,10H2,1-2H3,(H2,20,23)/p+1/t19-/m0/s1. The van der Waals surface area contributed by atoms with Gasteiger partial charge in [0.2, 0.25) is 18.4 Å². The van der Waals surface area contributed by atoms with Crippen molar-refractivity contribution in [3.63, 3.8) is 0 Å². The molecule has 0 bridgehead atoms. The molecule has 0 radical (unpaired) electrons. The minimum atomic E-state index is -0.434. The van der Waals surface area contributed by atoms with E-state index in [1.165, 1.54) is 10.5 Å². The largest absolute Gasteiger partial charge is 0.492 e. The van der Waals surface area contributed by atoms with Crippen LogP contribution in [0.5, 0.6) is 17.2 Å². The fraction of sp³-hybridized carbons (Fsp3) is 0.316. The van der Waals surface area contributed by atoms with Gasteiger partial charge in [-0.2, -0.15) is 0 Å². The molecule has 136 valence electrons. The Hall–Kier alpha value is -2.93. The van der Waals surface area contributed by atoms with Crippen LogP contribution in [0, 0.1) is 0 Å². The summed E-state index contributed by atoms with van der Waals surface area (Å²) in [5.74, 6) is 1.69. The van der Waals surface area contributed by atoms with E-state index in [1.807, 2.05) is 12.1 Å². The normalized spacial score (nSPS) is 20.4. The number of primary amides is 1. The van der Waals surface area contributed by atoms with Gasteiger partial charge in [-0.05, 0) is 35.9 Å². The molecule has 0 aromatic heterocycles. The maximum atomic E-state index is 11.3. The van der Waals surface area contributed by atoms with E-state index in [9.17, 15) is 4.79 Å². The van der Waals surface area contributed by atoms with Crippen molar-refractivity contribution in [2.75, 3.05) is 32.8 Å². The Morgan fingerprint density at radius 1 is 1.31 bits per heavy atom. The van der Waals surface area contributed by atoms with Gasteiger partial charge in [-0.15, -0.1) is 0 Å². The predicted molar refractivity (Wildman–Crippen MR) is 95.9 cm³/mol. The molecule has 2 aromatic rings. The fourth-order valence-corrected chi connectivity index (χ4v) is 3.62. The lowest BCUT2D eigenvalue weighted by Crippen LogP contribution is -3.11. The lowest BCUT2D eigenvalue weighted by Gasteiger charge is -2.33. The molecule has 0 aliphatic carbocycles. The van der Waals surface area contributed by atoms with E-state index < -0.39 is 5.91 Å². The van der Waals surface area contributed by atoms with Gasteiger partial charge in [-0.1, -0.05) is 0 Å². The van der Waals surface area contributed by atoms with Crippen molar-refractivity contribution in [2.24, 2.45) is 5.73 Å². The van der Waals surface area contributed by atoms with Crippen LogP contribution in [0.25, 0.3) is 0 Å². The molecule has 2 aromatic carbocycles. The quantitative estimate of drug-likeness (QED) is 0.751. The number of carbonyl (C=O) groups excluding carboxylic acids is 1. The number of likely N-dealkylation sites (N-methyl/N-ethyl adjacent to an activating group) is 1. The summed E-state index contributed by atoms with van der Waals surface area (Å²) in [6.45, 7) is 1.19. The molecular weight excluding hydrogens is 334 g/mol. The summed E-state index contributed by atoms with van der Waals surface area (Å²) in [6, 6.07) is 9.22. The third-order valence-electron chi connectivity index (χ3n) is 5.00. The van der Waals surface area contributed by atoms with Crippen LogP contribution in [-0.4, -0.2) is 33.4 Å². The SMILES string of the molecule is COc1c2c(cc3c1[C@@H](Nc1ccc(C(N)=O)cc1)[NH+](C)CC3)OCO2. The van der Waals surface area contributed by atoms with E-state index in [2.05, 4.69) is 18.4 Å². The van der Waals surface area contributed by atoms with E-state index >= 15 is 0 Å². The zero-order chi connectivity index (χ0) is 18.3. The number of nitrogens with two attached hydrogens (primary N) is 1. The number of fused-ring (bicyclic) bond motifs is 2. The predicted octanol–water partition coefficient (Wildman–Crippen LogP) is 0.704. The van der Waals surface area contributed by atoms with Crippen molar-refractivity contribution in [1.29, 1.82) is 0 Å². The van der Waals surface area contributed by atoms with Gasteiger partial charge in [0.15, 0.2) is 17.7 Å². The molecule has 7 nitrogen and oxygen atoms in total. The van der Waals surface area contributed by atoms with Crippen LogP contribution < -0.4 is 30.2 Å². The van der Waals surface area contributed by atoms with E-state index in [1.54, 1.807) is 19.2 Å². The highest BCUT2D eigenvalue weighted by Crippen LogP contribution is 2.47. The molecular formula is C19H22N3O4+. The Morgan fingerprint density at radius 2 is 2.08 bits per heavy atom. The summed E-state index contributed by atoms with van der Waals surface area (Å²) < 4.78 is 16.9. The summed E-state index contributed by atoms with van der Waals surface area (Å²) >= 11 is 0. The van der Waals surface area contributed by atoms with E-state index in [4.69, 9.17) is 19.9 Å². The molecule has 1 unspecified atom stereocenters. The number of ether oxygens (including phenoxy) is 3. The zero-order valence-electron chi connectivity index (χ0n) is 14.8. The second kappa shape index (κ2) is 6.42. The first-order chi connectivity index (χ1) is 12.6. The van der Waals surface area contributed by atoms with Crippen molar-refractivity contribution < 1.29 is 23.9 Å². The van der Waals surface area contributed by atoms with Gasteiger partial charge in [0.25, 0.3) is 0 Å². The second-order valence-electron chi connectivity index (χ2n) is 6.58. The summed E-state index contributed by atoms with van der Waals surface area (Å²) in [7, 11) is 3.79. The highest BCUT2D eigenvalue weighted by atomic mass is 16.7. The number of nitrogens with one attached hydrogen (secondary N) is 2. The molecule has 0 saturated heterocycles. The topological polar surface area (TPSA) is 87.2 Å². The highest BCUT2D eigenvalue weighted by molar-refractivity contribution is 5.93. The van der Waals surface area contributed by atoms with Gasteiger partial charge < -0.3 is 30.2 Å². The third kappa shape index (κ3) is 2.70. The van der Waals surface area contributed by atoms with Gasteiger partial charge in [-0.25, -0.2) is 0 Å². The average molecular weight is 356 g/mol. The van der Waals surface area contributed by atoms with Gasteiger partial charge in [0, 0.05) is 17.7 Å². The number of hydrogen-bond acceptors (Lipinski definition) is 5. The number of rotatable bonds is 4. The number of quaternary nitrogens is 1. The Morgan fingerprint density at radius 3 is 2.77 bits per heavy atom. The van der Waals surface area contributed by atoms with Crippen molar-refractivity contribution >= 4 is 11.6 Å². The highest BCUT2D eigenvalue weighted by Gasteiger charge is 2.36. The van der Waals surface area contributed by atoms with E-state index in [0.717, 1.165) is 35.7 Å². The molecule has 2 heterocycles. The molecule has 2 aliphatic heterocycles. The van der Waals surface area contributed by atoms with E-state index in [0.29, 0.717) is 11.3 Å². The van der Waals surface area contributed by atoms with E-state index in [-0.39, 0.29) is 13.0 Å². The average Bonchev–Trinajstić information content (AvgIpc) is 3.11. The Balaban J connectivity index is 1.72. The van der Waals surface area contributed by atoms with Crippen LogP contribution in [0.1, 0.15) is 27.7 Å². The van der Waals surface area contributed by atoms with Gasteiger partial charge in [0.05, 0.1) is 26.3 Å². The summed E-state index contributed by atoms with van der Waals surface area (Å²) in [5.41, 5.74) is 8.99. The summed E-state index contributed by atoms with van der Waals surface area (Å²) in [4.78, 5) is 12.6. The minimum Gasteiger partial charge on any atom is -0.492 e. The molecule has 0 fully saturated rings. The van der Waals surface area contributed by atoms with Crippen LogP contribution in [-0.2, 0) is 6.42 Å².